The fourth-order valence-electron chi connectivity index (χ4n) is 7.34. The zero-order valence-corrected chi connectivity index (χ0v) is 26.0. The highest BCUT2D eigenvalue weighted by Gasteiger charge is 2.43. The number of ether oxygens (including phenoxy) is 2. The van der Waals surface area contributed by atoms with Gasteiger partial charge in [0, 0.05) is 76.8 Å². The molecular weight excluding hydrogens is 546 g/mol. The van der Waals surface area contributed by atoms with Gasteiger partial charge in [-0.15, -0.1) is 0 Å². The smallest absolute Gasteiger partial charge is 0.224 e. The maximum atomic E-state index is 13.8. The normalized spacial score (nSPS) is 23.4. The molecule has 3 aliphatic heterocycles. The minimum atomic E-state index is 0.0290. The van der Waals surface area contributed by atoms with Crippen molar-refractivity contribution >= 4 is 17.7 Å². The summed E-state index contributed by atoms with van der Waals surface area (Å²) in [6.45, 7) is 5.33. The second-order valence-corrected chi connectivity index (χ2v) is 12.3. The fourth-order valence-corrected chi connectivity index (χ4v) is 7.34. The number of nitrogens with one attached hydrogen (secondary N) is 1. The number of likely N-dealkylation sites (tertiary alicyclic amines) is 1. The second kappa shape index (κ2) is 14.3. The maximum absolute atomic E-state index is 13.8. The van der Waals surface area contributed by atoms with Gasteiger partial charge in [0.2, 0.25) is 17.7 Å². The van der Waals surface area contributed by atoms with Gasteiger partial charge in [-0.25, -0.2) is 4.98 Å². The van der Waals surface area contributed by atoms with E-state index in [4.69, 9.17) is 9.47 Å². The number of carbonyl (C=O) groups excluding carboxylic acids is 3. The largest absolute Gasteiger partial charge is 0.493 e. The van der Waals surface area contributed by atoms with Crippen molar-refractivity contribution in [2.45, 2.75) is 83.7 Å². The maximum Gasteiger partial charge on any atom is 0.224 e. The van der Waals surface area contributed by atoms with Gasteiger partial charge in [0.05, 0.1) is 14.2 Å². The van der Waals surface area contributed by atoms with Gasteiger partial charge in [-0.05, 0) is 67.6 Å². The number of benzene rings is 1. The first-order valence-electron chi connectivity index (χ1n) is 16.0. The third-order valence-corrected chi connectivity index (χ3v) is 9.42. The number of aryl methyl sites for hydroxylation is 4. The lowest BCUT2D eigenvalue weighted by atomic mass is 9.77. The number of imidazole rings is 1. The molecule has 10 heteroatoms. The summed E-state index contributed by atoms with van der Waals surface area (Å²) < 4.78 is 13.4. The SMILES string of the molecule is CCc1nccn1CCC(=O)N1C[C@@H]2C[C@H](C1)[C@@H]1CCCC(=O)NCCCc3cc(cc(OC)c3OC)CCC(=O)N1C2. The lowest BCUT2D eigenvalue weighted by Gasteiger charge is -2.51. The average molecular weight is 594 g/mol. The Hall–Kier alpha value is -3.56. The summed E-state index contributed by atoms with van der Waals surface area (Å²) >= 11 is 0. The van der Waals surface area contributed by atoms with Crippen LogP contribution in [-0.2, 0) is 40.2 Å². The van der Waals surface area contributed by atoms with E-state index in [0.29, 0.717) is 69.9 Å². The van der Waals surface area contributed by atoms with Gasteiger partial charge < -0.3 is 29.2 Å². The predicted molar refractivity (Wildman–Crippen MR) is 163 cm³/mol. The number of fused-ring (bicyclic) bond motifs is 6. The van der Waals surface area contributed by atoms with E-state index in [1.165, 1.54) is 0 Å². The molecule has 3 aliphatic rings. The van der Waals surface area contributed by atoms with Gasteiger partial charge in [0.15, 0.2) is 11.5 Å². The quantitative estimate of drug-likeness (QED) is 0.551. The van der Waals surface area contributed by atoms with Crippen LogP contribution >= 0.6 is 0 Å². The lowest BCUT2D eigenvalue weighted by Crippen LogP contribution is -2.60. The first-order valence-corrected chi connectivity index (χ1v) is 16.0. The van der Waals surface area contributed by atoms with Gasteiger partial charge in [0.1, 0.15) is 5.82 Å². The van der Waals surface area contributed by atoms with Crippen molar-refractivity contribution in [2.24, 2.45) is 11.8 Å². The van der Waals surface area contributed by atoms with Crippen molar-refractivity contribution in [3.63, 3.8) is 0 Å². The van der Waals surface area contributed by atoms with Crippen LogP contribution in [0.4, 0.5) is 0 Å². The number of aromatic nitrogens is 2. The summed E-state index contributed by atoms with van der Waals surface area (Å²) in [4.78, 5) is 48.3. The third-order valence-electron chi connectivity index (χ3n) is 9.42. The highest BCUT2D eigenvalue weighted by Crippen LogP contribution is 2.37. The molecule has 0 unspecified atom stereocenters. The first kappa shape index (κ1) is 30.9. The van der Waals surface area contributed by atoms with E-state index >= 15 is 0 Å². The van der Waals surface area contributed by atoms with E-state index in [9.17, 15) is 14.4 Å². The molecule has 5 rings (SSSR count). The molecule has 10 nitrogen and oxygen atoms in total. The van der Waals surface area contributed by atoms with Crippen molar-refractivity contribution in [2.75, 3.05) is 40.4 Å². The molecular formula is C33H47N5O5. The average Bonchev–Trinajstić information content (AvgIpc) is 3.48. The predicted octanol–water partition coefficient (Wildman–Crippen LogP) is 3.39. The number of rotatable bonds is 6. The highest BCUT2D eigenvalue weighted by molar-refractivity contribution is 5.78. The molecule has 234 valence electrons. The molecule has 0 saturated carbocycles. The Balaban J connectivity index is 1.31. The minimum Gasteiger partial charge on any atom is -0.493 e. The summed E-state index contributed by atoms with van der Waals surface area (Å²) in [5.74, 6) is 3.23. The van der Waals surface area contributed by atoms with Crippen LogP contribution in [0.25, 0.3) is 0 Å². The van der Waals surface area contributed by atoms with Crippen LogP contribution in [0.1, 0.15) is 68.8 Å². The Kier molecular flexibility index (Phi) is 10.3. The monoisotopic (exact) mass is 593 g/mol. The molecule has 0 spiro atoms. The fraction of sp³-hybridized carbons (Fsp3) is 0.636. The molecule has 4 bridgehead atoms. The molecule has 0 aliphatic carbocycles. The van der Waals surface area contributed by atoms with Gasteiger partial charge in [-0.2, -0.15) is 0 Å². The van der Waals surface area contributed by atoms with Crippen molar-refractivity contribution in [3.8, 4) is 11.5 Å². The highest BCUT2D eigenvalue weighted by atomic mass is 16.5. The van der Waals surface area contributed by atoms with Crippen molar-refractivity contribution < 1.29 is 23.9 Å². The molecule has 4 heterocycles. The van der Waals surface area contributed by atoms with Crippen LogP contribution in [0.3, 0.4) is 0 Å². The summed E-state index contributed by atoms with van der Waals surface area (Å²) in [6.07, 6.45) is 10.6. The van der Waals surface area contributed by atoms with E-state index in [1.54, 1.807) is 20.4 Å². The summed E-state index contributed by atoms with van der Waals surface area (Å²) in [5.41, 5.74) is 2.08. The molecule has 3 atom stereocenters. The van der Waals surface area contributed by atoms with Crippen LogP contribution < -0.4 is 14.8 Å². The number of amides is 3. The number of hydrogen-bond donors (Lipinski definition) is 1. The Bertz CT molecular complexity index is 1290. The van der Waals surface area contributed by atoms with Crippen LogP contribution in [0.15, 0.2) is 24.5 Å². The lowest BCUT2D eigenvalue weighted by molar-refractivity contribution is -0.145. The molecule has 1 N–H and O–H groups in total. The van der Waals surface area contributed by atoms with E-state index in [0.717, 1.165) is 55.5 Å². The van der Waals surface area contributed by atoms with Gasteiger partial charge in [-0.1, -0.05) is 13.0 Å². The number of nitrogens with zero attached hydrogens (tertiary/aromatic N) is 4. The third kappa shape index (κ3) is 7.33. The van der Waals surface area contributed by atoms with E-state index in [-0.39, 0.29) is 35.6 Å². The topological polar surface area (TPSA) is 106 Å². The van der Waals surface area contributed by atoms with Crippen LogP contribution in [0, 0.1) is 11.8 Å². The summed E-state index contributed by atoms with van der Waals surface area (Å²) in [6, 6.07) is 4.11. The van der Waals surface area contributed by atoms with Crippen molar-refractivity contribution in [1.82, 2.24) is 24.7 Å². The molecule has 2 fully saturated rings. The summed E-state index contributed by atoms with van der Waals surface area (Å²) in [5, 5.41) is 3.07. The Morgan fingerprint density at radius 2 is 1.91 bits per heavy atom. The van der Waals surface area contributed by atoms with Crippen molar-refractivity contribution in [3.05, 3.63) is 41.5 Å². The standard InChI is InChI=1S/C33H47N5O5/c1-4-29-34-14-16-36(29)15-12-31(40)37-20-24-18-26(22-37)27-8-5-9-30(39)35-13-6-7-25-17-23(10-11-32(41)38(27)21-24)19-28(42-2)33(25)43-3/h14,16-17,19,24,26-27H,4-13,15,18,20-22H2,1-3H3,(H,35,39)/t24-,26+,27-/m0/s1. The van der Waals surface area contributed by atoms with E-state index < -0.39 is 0 Å². The molecule has 1 aromatic heterocycles. The van der Waals surface area contributed by atoms with E-state index in [1.807, 2.05) is 17.2 Å². The summed E-state index contributed by atoms with van der Waals surface area (Å²) in [7, 11) is 3.27. The number of carbonyl (C=O) groups is 3. The van der Waals surface area contributed by atoms with Gasteiger partial charge in [0.25, 0.3) is 0 Å². The molecule has 2 saturated heterocycles. The Morgan fingerprint density at radius 3 is 2.70 bits per heavy atom. The number of piperidine rings is 2. The van der Waals surface area contributed by atoms with Crippen LogP contribution in [0.5, 0.6) is 11.5 Å². The van der Waals surface area contributed by atoms with Gasteiger partial charge >= 0.3 is 0 Å². The molecule has 1 aromatic carbocycles. The Morgan fingerprint density at radius 1 is 1.05 bits per heavy atom. The van der Waals surface area contributed by atoms with Gasteiger partial charge in [-0.3, -0.25) is 14.4 Å². The minimum absolute atomic E-state index is 0.0290. The molecule has 2 aromatic rings. The second-order valence-electron chi connectivity index (χ2n) is 12.3. The first-order chi connectivity index (χ1) is 20.9. The van der Waals surface area contributed by atoms with Crippen LogP contribution in [-0.4, -0.2) is 83.5 Å². The molecule has 3 amide bonds. The molecule has 43 heavy (non-hydrogen) atoms. The van der Waals surface area contributed by atoms with Crippen molar-refractivity contribution in [1.29, 1.82) is 0 Å². The molecule has 0 radical (unpaired) electrons. The van der Waals surface area contributed by atoms with E-state index in [2.05, 4.69) is 32.8 Å². The zero-order valence-electron chi connectivity index (χ0n) is 26.0. The van der Waals surface area contributed by atoms with Crippen LogP contribution in [0.2, 0.25) is 0 Å². The zero-order chi connectivity index (χ0) is 30.3. The number of methoxy groups -OCH3 is 2. The Labute approximate surface area is 255 Å². The number of hydrogen-bond acceptors (Lipinski definition) is 6.